The maximum Gasteiger partial charge on any atom is 0.408 e. The van der Waals surface area contributed by atoms with Crippen molar-refractivity contribution in [2.24, 2.45) is 5.92 Å². The van der Waals surface area contributed by atoms with E-state index in [0.717, 1.165) is 5.75 Å². The van der Waals surface area contributed by atoms with Crippen molar-refractivity contribution >= 4 is 23.8 Å². The van der Waals surface area contributed by atoms with Crippen LogP contribution in [0.2, 0.25) is 0 Å². The topological polar surface area (TPSA) is 110 Å². The summed E-state index contributed by atoms with van der Waals surface area (Å²) in [6.07, 6.45) is 5.39. The molecule has 9 heteroatoms. The Hall–Kier alpha value is -2.03. The molecule has 158 valence electrons. The van der Waals surface area contributed by atoms with Crippen molar-refractivity contribution in [3.8, 4) is 11.8 Å². The maximum absolute atomic E-state index is 12.5. The molecule has 1 aromatic heterocycles. The SMILES string of the molecule is CC(C)(C)OC(=O)N[C@@H](CSCC1CCCCC1)C(=O)On1c(O)ccc1O. The van der Waals surface area contributed by atoms with Crippen molar-refractivity contribution in [3.05, 3.63) is 12.1 Å². The van der Waals surface area contributed by atoms with E-state index in [1.807, 2.05) is 0 Å². The van der Waals surface area contributed by atoms with Gasteiger partial charge in [-0.25, -0.2) is 9.59 Å². The summed E-state index contributed by atoms with van der Waals surface area (Å²) in [7, 11) is 0. The van der Waals surface area contributed by atoms with Gasteiger partial charge in [0.25, 0.3) is 0 Å². The molecule has 0 radical (unpaired) electrons. The second kappa shape index (κ2) is 9.95. The van der Waals surface area contributed by atoms with Crippen LogP contribution in [0.1, 0.15) is 52.9 Å². The van der Waals surface area contributed by atoms with E-state index >= 15 is 0 Å². The molecule has 1 aliphatic carbocycles. The number of carbonyl (C=O) groups is 2. The number of ether oxygens (including phenoxy) is 1. The molecule has 0 bridgehead atoms. The lowest BCUT2D eigenvalue weighted by molar-refractivity contribution is -0.147. The van der Waals surface area contributed by atoms with Crippen LogP contribution in [0.15, 0.2) is 12.1 Å². The third kappa shape index (κ3) is 7.18. The van der Waals surface area contributed by atoms with Gasteiger partial charge in [-0.05, 0) is 45.3 Å². The summed E-state index contributed by atoms with van der Waals surface area (Å²) in [5, 5.41) is 21.8. The van der Waals surface area contributed by atoms with E-state index in [1.54, 1.807) is 32.5 Å². The first kappa shape index (κ1) is 22.3. The van der Waals surface area contributed by atoms with E-state index in [2.05, 4.69) is 5.32 Å². The van der Waals surface area contributed by atoms with E-state index in [0.29, 0.717) is 16.4 Å². The molecule has 0 aromatic carbocycles. The number of carbonyl (C=O) groups excluding carboxylic acids is 2. The Kier molecular flexibility index (Phi) is 7.91. The van der Waals surface area contributed by atoms with Crippen LogP contribution in [0.4, 0.5) is 4.79 Å². The highest BCUT2D eigenvalue weighted by Crippen LogP contribution is 2.27. The van der Waals surface area contributed by atoms with E-state index < -0.39 is 35.5 Å². The fourth-order valence-corrected chi connectivity index (χ4v) is 4.23. The first-order chi connectivity index (χ1) is 13.2. The molecule has 1 saturated carbocycles. The summed E-state index contributed by atoms with van der Waals surface area (Å²) >= 11 is 1.57. The van der Waals surface area contributed by atoms with Crippen LogP contribution in [0, 0.1) is 5.92 Å². The smallest absolute Gasteiger partial charge is 0.408 e. The van der Waals surface area contributed by atoms with E-state index in [-0.39, 0.29) is 0 Å². The van der Waals surface area contributed by atoms with E-state index in [4.69, 9.17) is 9.57 Å². The van der Waals surface area contributed by atoms with Crippen LogP contribution in [-0.4, -0.2) is 50.2 Å². The van der Waals surface area contributed by atoms with Gasteiger partial charge in [0.05, 0.1) is 0 Å². The quantitative estimate of drug-likeness (QED) is 0.629. The van der Waals surface area contributed by atoms with E-state index in [9.17, 15) is 19.8 Å². The molecular weight excluding hydrogens is 384 g/mol. The standard InChI is InChI=1S/C19H30N2O6S/c1-19(2,3)26-18(25)20-14(12-28-11-13-7-5-4-6-8-13)17(24)27-21-15(22)9-10-16(21)23/h9-10,13-14,22-23H,4-8,11-12H2,1-3H3,(H,20,25)/t14-/m0/s1. The Morgan fingerprint density at radius 1 is 1.21 bits per heavy atom. The zero-order valence-corrected chi connectivity index (χ0v) is 17.5. The third-order valence-corrected chi connectivity index (χ3v) is 5.59. The molecule has 8 nitrogen and oxygen atoms in total. The summed E-state index contributed by atoms with van der Waals surface area (Å²) in [5.74, 6) is 0.184. The Morgan fingerprint density at radius 2 is 1.82 bits per heavy atom. The molecule has 0 aliphatic heterocycles. The number of nitrogens with one attached hydrogen (secondary N) is 1. The number of amides is 1. The minimum absolute atomic E-state index is 0.303. The van der Waals surface area contributed by atoms with Crippen molar-refractivity contribution in [2.45, 2.75) is 64.5 Å². The predicted octanol–water partition coefficient (Wildman–Crippen LogP) is 3.06. The monoisotopic (exact) mass is 414 g/mol. The Morgan fingerprint density at radius 3 is 2.39 bits per heavy atom. The Bertz CT molecular complexity index is 644. The van der Waals surface area contributed by atoms with Crippen molar-refractivity contribution in [1.29, 1.82) is 0 Å². The van der Waals surface area contributed by atoms with Gasteiger partial charge >= 0.3 is 12.1 Å². The van der Waals surface area contributed by atoms with Crippen molar-refractivity contribution in [2.75, 3.05) is 11.5 Å². The van der Waals surface area contributed by atoms with Gasteiger partial charge in [0.2, 0.25) is 11.8 Å². The first-order valence-electron chi connectivity index (χ1n) is 9.55. The highest BCUT2D eigenvalue weighted by Gasteiger charge is 2.28. The van der Waals surface area contributed by atoms with Gasteiger partial charge in [-0.1, -0.05) is 19.3 Å². The van der Waals surface area contributed by atoms with Gasteiger partial charge in [-0.15, -0.1) is 4.73 Å². The third-order valence-electron chi connectivity index (χ3n) is 4.32. The number of aromatic hydroxyl groups is 2. The number of hydrogen-bond donors (Lipinski definition) is 3. The average Bonchev–Trinajstić information content (AvgIpc) is 2.92. The first-order valence-corrected chi connectivity index (χ1v) is 10.7. The molecule has 1 aromatic rings. The lowest BCUT2D eigenvalue weighted by Gasteiger charge is -2.24. The lowest BCUT2D eigenvalue weighted by atomic mass is 9.91. The zero-order valence-electron chi connectivity index (χ0n) is 16.6. The number of aromatic nitrogens is 1. The number of hydrogen-bond acceptors (Lipinski definition) is 7. The number of alkyl carbamates (subject to hydrolysis) is 1. The van der Waals surface area contributed by atoms with Gasteiger partial charge < -0.3 is 25.1 Å². The van der Waals surface area contributed by atoms with Crippen LogP contribution < -0.4 is 10.2 Å². The largest absolute Gasteiger partial charge is 0.492 e. The highest BCUT2D eigenvalue weighted by atomic mass is 32.2. The van der Waals surface area contributed by atoms with Crippen LogP contribution in [-0.2, 0) is 9.53 Å². The Labute approximate surface area is 169 Å². The second-order valence-corrected chi connectivity index (χ2v) is 9.07. The van der Waals surface area contributed by atoms with Crippen LogP contribution in [0.3, 0.4) is 0 Å². The van der Waals surface area contributed by atoms with Crippen molar-refractivity contribution in [1.82, 2.24) is 10.0 Å². The summed E-state index contributed by atoms with van der Waals surface area (Å²) in [6.45, 7) is 5.19. The fourth-order valence-electron chi connectivity index (χ4n) is 2.97. The summed E-state index contributed by atoms with van der Waals surface area (Å²) in [5.41, 5.74) is -0.704. The Balaban J connectivity index is 1.97. The molecule has 1 aliphatic rings. The van der Waals surface area contributed by atoms with Gasteiger partial charge in [-0.3, -0.25) is 0 Å². The van der Waals surface area contributed by atoms with Crippen LogP contribution in [0.5, 0.6) is 11.8 Å². The average molecular weight is 415 g/mol. The molecule has 0 spiro atoms. The van der Waals surface area contributed by atoms with Gasteiger partial charge in [-0.2, -0.15) is 11.8 Å². The van der Waals surface area contributed by atoms with Gasteiger partial charge in [0.1, 0.15) is 11.6 Å². The number of rotatable bonds is 7. The molecule has 0 unspecified atom stereocenters. The highest BCUT2D eigenvalue weighted by molar-refractivity contribution is 7.99. The summed E-state index contributed by atoms with van der Waals surface area (Å²) in [6, 6.07) is 1.40. The summed E-state index contributed by atoms with van der Waals surface area (Å²) in [4.78, 5) is 29.7. The minimum Gasteiger partial charge on any atom is -0.492 e. The maximum atomic E-state index is 12.5. The normalized spacial score (nSPS) is 16.4. The fraction of sp³-hybridized carbons (Fsp3) is 0.684. The molecule has 1 fully saturated rings. The van der Waals surface area contributed by atoms with Crippen molar-refractivity contribution in [3.63, 3.8) is 0 Å². The number of nitrogens with zero attached hydrogens (tertiary/aromatic N) is 1. The van der Waals surface area contributed by atoms with Crippen molar-refractivity contribution < 1.29 is 29.4 Å². The van der Waals surface area contributed by atoms with E-state index in [1.165, 1.54) is 44.2 Å². The molecule has 2 rings (SSSR count). The summed E-state index contributed by atoms with van der Waals surface area (Å²) < 4.78 is 5.83. The molecule has 3 N–H and O–H groups in total. The number of thioether (sulfide) groups is 1. The molecule has 28 heavy (non-hydrogen) atoms. The molecule has 1 amide bonds. The van der Waals surface area contributed by atoms with Crippen LogP contribution in [0.25, 0.3) is 0 Å². The predicted molar refractivity (Wildman–Crippen MR) is 106 cm³/mol. The lowest BCUT2D eigenvalue weighted by Crippen LogP contribution is -2.48. The molecular formula is C19H30N2O6S. The minimum atomic E-state index is -0.982. The zero-order chi connectivity index (χ0) is 20.7. The molecule has 0 saturated heterocycles. The molecule has 1 atom stereocenters. The van der Waals surface area contributed by atoms with Crippen LogP contribution >= 0.6 is 11.8 Å². The van der Waals surface area contributed by atoms with Gasteiger partial charge in [0, 0.05) is 17.9 Å². The molecule has 1 heterocycles. The second-order valence-electron chi connectivity index (χ2n) is 7.99. The van der Waals surface area contributed by atoms with Gasteiger partial charge in [0.15, 0.2) is 0 Å².